The van der Waals surface area contributed by atoms with E-state index in [1.165, 1.54) is 302 Å². The van der Waals surface area contributed by atoms with E-state index >= 15 is 0 Å². The van der Waals surface area contributed by atoms with Crippen LogP contribution in [0.3, 0.4) is 0 Å². The van der Waals surface area contributed by atoms with E-state index < -0.39 is 49.5 Å². The van der Waals surface area contributed by atoms with Crippen LogP contribution in [-0.2, 0) is 23.8 Å². The monoisotopic (exact) mass is 1300 g/mol. The lowest BCUT2D eigenvalue weighted by atomic mass is 9.99. The van der Waals surface area contributed by atoms with Crippen molar-refractivity contribution < 1.29 is 49.3 Å². The first-order chi connectivity index (χ1) is 45.2. The molecule has 11 nitrogen and oxygen atoms in total. The van der Waals surface area contributed by atoms with Crippen molar-refractivity contribution in [1.29, 1.82) is 0 Å². The summed E-state index contributed by atoms with van der Waals surface area (Å²) >= 11 is 0. The van der Waals surface area contributed by atoms with Crippen molar-refractivity contribution in [2.75, 3.05) is 19.8 Å². The molecule has 1 fully saturated rings. The molecule has 7 atom stereocenters. The second-order valence-electron chi connectivity index (χ2n) is 27.8. The number of esters is 1. The van der Waals surface area contributed by atoms with E-state index in [4.69, 9.17) is 14.2 Å². The van der Waals surface area contributed by atoms with E-state index in [1.807, 2.05) is 6.08 Å². The van der Waals surface area contributed by atoms with Crippen LogP contribution in [-0.4, -0.2) is 100 Å². The first-order valence-corrected chi connectivity index (χ1v) is 39.9. The summed E-state index contributed by atoms with van der Waals surface area (Å²) in [4.78, 5) is 25.1. The number of rotatable bonds is 71. The summed E-state index contributed by atoms with van der Waals surface area (Å²) in [6.45, 7) is 4.31. The third-order valence-electron chi connectivity index (χ3n) is 18.9. The highest BCUT2D eigenvalue weighted by Gasteiger charge is 2.44. The molecular weight excluding hydrogens is 1150 g/mol. The van der Waals surface area contributed by atoms with Gasteiger partial charge in [0.25, 0.3) is 0 Å². The van der Waals surface area contributed by atoms with E-state index in [-0.39, 0.29) is 18.5 Å². The lowest BCUT2D eigenvalue weighted by Crippen LogP contribution is -2.60. The van der Waals surface area contributed by atoms with Crippen LogP contribution in [0.25, 0.3) is 0 Å². The van der Waals surface area contributed by atoms with Crippen molar-refractivity contribution in [3.05, 3.63) is 48.6 Å². The molecule has 7 unspecified atom stereocenters. The van der Waals surface area contributed by atoms with Crippen LogP contribution in [0, 0.1) is 0 Å². The molecule has 1 rings (SSSR count). The fraction of sp³-hybridized carbons (Fsp3) is 0.877. The number of nitrogens with one attached hydrogen (secondary N) is 1. The number of aliphatic hydroxyl groups excluding tert-OH is 5. The first-order valence-electron chi connectivity index (χ1n) is 39.9. The van der Waals surface area contributed by atoms with Crippen LogP contribution in [0.1, 0.15) is 393 Å². The average molecular weight is 1300 g/mol. The van der Waals surface area contributed by atoms with Crippen LogP contribution >= 0.6 is 0 Å². The Balaban J connectivity index is 1.88. The third kappa shape index (κ3) is 57.8. The molecule has 1 aliphatic rings. The van der Waals surface area contributed by atoms with Gasteiger partial charge in [-0.25, -0.2) is 0 Å². The summed E-state index contributed by atoms with van der Waals surface area (Å²) in [6, 6.07) is -0.807. The van der Waals surface area contributed by atoms with Crippen molar-refractivity contribution in [2.24, 2.45) is 0 Å². The van der Waals surface area contributed by atoms with Crippen LogP contribution in [0.4, 0.5) is 0 Å². The SMILES string of the molecule is CCC/C=C\C/C=C\CCCCCCCC(=O)OCCCCCCCCCCCCCCCCCCCC/C=C\CCCCCCCCCCCCCCCCCCCC(=O)NC(COC1OC(CO)C(O)C(O)C1O)C(O)/C=C/CCCCCCCCCCCC. The second-order valence-corrected chi connectivity index (χ2v) is 27.8. The normalized spacial score (nSPS) is 17.8. The Kier molecular flexibility index (Phi) is 66.6. The molecule has 6 N–H and O–H groups in total. The Morgan fingerprint density at radius 2 is 0.750 bits per heavy atom. The van der Waals surface area contributed by atoms with Crippen molar-refractivity contribution in [3.63, 3.8) is 0 Å². The Morgan fingerprint density at radius 1 is 0.402 bits per heavy atom. The van der Waals surface area contributed by atoms with Crippen LogP contribution in [0.5, 0.6) is 0 Å². The van der Waals surface area contributed by atoms with Crippen LogP contribution in [0.2, 0.25) is 0 Å². The minimum atomic E-state index is -1.57. The predicted molar refractivity (Wildman–Crippen MR) is 389 cm³/mol. The zero-order valence-corrected chi connectivity index (χ0v) is 60.3. The molecule has 1 aliphatic heterocycles. The topological polar surface area (TPSA) is 175 Å². The van der Waals surface area contributed by atoms with Gasteiger partial charge >= 0.3 is 5.97 Å². The Bertz CT molecular complexity index is 1670. The van der Waals surface area contributed by atoms with Crippen LogP contribution < -0.4 is 5.32 Å². The van der Waals surface area contributed by atoms with Gasteiger partial charge in [0.1, 0.15) is 24.4 Å². The van der Waals surface area contributed by atoms with E-state index in [1.54, 1.807) is 6.08 Å². The zero-order chi connectivity index (χ0) is 66.5. The highest BCUT2D eigenvalue weighted by molar-refractivity contribution is 5.76. The van der Waals surface area contributed by atoms with Gasteiger partial charge in [0.15, 0.2) is 6.29 Å². The quantitative estimate of drug-likeness (QED) is 0.0195. The van der Waals surface area contributed by atoms with Gasteiger partial charge in [-0.3, -0.25) is 9.59 Å². The maximum atomic E-state index is 13.1. The highest BCUT2D eigenvalue weighted by atomic mass is 16.7. The summed E-state index contributed by atoms with van der Waals surface area (Å²) in [5, 5.41) is 54.5. The molecule has 0 aromatic carbocycles. The lowest BCUT2D eigenvalue weighted by molar-refractivity contribution is -0.302. The summed E-state index contributed by atoms with van der Waals surface area (Å²) in [6.07, 6.45) is 82.9. The smallest absolute Gasteiger partial charge is 0.305 e. The van der Waals surface area contributed by atoms with Gasteiger partial charge in [-0.05, 0) is 83.5 Å². The number of carbonyl (C=O) groups is 2. The van der Waals surface area contributed by atoms with Gasteiger partial charge < -0.3 is 45.1 Å². The number of carbonyl (C=O) groups excluding carboxylic acids is 2. The Hall–Kier alpha value is -2.38. The van der Waals surface area contributed by atoms with Gasteiger partial charge in [-0.2, -0.15) is 0 Å². The van der Waals surface area contributed by atoms with E-state index in [0.29, 0.717) is 19.4 Å². The number of allylic oxidation sites excluding steroid dienone is 7. The number of amides is 1. The van der Waals surface area contributed by atoms with E-state index in [9.17, 15) is 35.1 Å². The lowest BCUT2D eigenvalue weighted by Gasteiger charge is -2.40. The fourth-order valence-corrected chi connectivity index (χ4v) is 12.6. The summed E-state index contributed by atoms with van der Waals surface area (Å²) in [5.41, 5.74) is 0. The van der Waals surface area contributed by atoms with Gasteiger partial charge in [0.05, 0.1) is 32.0 Å². The van der Waals surface area contributed by atoms with Gasteiger partial charge in [-0.15, -0.1) is 0 Å². The minimum absolute atomic E-state index is 0.00154. The summed E-state index contributed by atoms with van der Waals surface area (Å²) in [5.74, 6) is -0.174. The van der Waals surface area contributed by atoms with E-state index in [2.05, 4.69) is 55.6 Å². The van der Waals surface area contributed by atoms with Crippen molar-refractivity contribution in [1.82, 2.24) is 5.32 Å². The summed E-state index contributed by atoms with van der Waals surface area (Å²) in [7, 11) is 0. The molecule has 540 valence electrons. The number of ether oxygens (including phenoxy) is 3. The predicted octanol–water partition coefficient (Wildman–Crippen LogP) is 21.5. The molecule has 0 spiro atoms. The number of aliphatic hydroxyl groups is 5. The van der Waals surface area contributed by atoms with Crippen molar-refractivity contribution in [3.8, 4) is 0 Å². The van der Waals surface area contributed by atoms with Crippen molar-refractivity contribution >= 4 is 11.9 Å². The number of hydrogen-bond donors (Lipinski definition) is 6. The molecular formula is C81H151NO10. The van der Waals surface area contributed by atoms with E-state index in [0.717, 1.165) is 64.2 Å². The molecule has 0 aliphatic carbocycles. The number of hydrogen-bond acceptors (Lipinski definition) is 10. The maximum Gasteiger partial charge on any atom is 0.305 e. The largest absolute Gasteiger partial charge is 0.466 e. The second kappa shape index (κ2) is 70.0. The molecule has 0 aromatic rings. The zero-order valence-electron chi connectivity index (χ0n) is 60.3. The molecule has 92 heavy (non-hydrogen) atoms. The molecule has 1 heterocycles. The van der Waals surface area contributed by atoms with Crippen LogP contribution in [0.15, 0.2) is 48.6 Å². The molecule has 0 aromatic heterocycles. The van der Waals surface area contributed by atoms with Gasteiger partial charge in [0.2, 0.25) is 5.91 Å². The first kappa shape index (κ1) is 87.6. The molecule has 0 saturated carbocycles. The molecule has 0 bridgehead atoms. The molecule has 11 heteroatoms. The molecule has 1 amide bonds. The fourth-order valence-electron chi connectivity index (χ4n) is 12.6. The van der Waals surface area contributed by atoms with Crippen molar-refractivity contribution in [2.45, 2.75) is 436 Å². The minimum Gasteiger partial charge on any atom is -0.466 e. The average Bonchev–Trinajstić information content (AvgIpc) is 0.973. The Morgan fingerprint density at radius 3 is 1.15 bits per heavy atom. The standard InChI is InChI=1S/C81H151NO10/c1-3-5-7-9-11-13-15-44-49-53-57-61-65-69-77(86)90-70-66-62-58-54-50-46-43-41-39-37-35-33-31-29-27-25-23-21-19-17-18-20-22-24-26-28-30-32-34-36-38-40-42-45-48-52-56-60-64-68-76(85)82-73(72-91-81-80(89)79(88)78(87)75(71-83)92-81)74(84)67-63-59-55-51-47-16-14-12-10-8-6-4-2/h7,9,13,15,17-18,63,67,73-75,78-81,83-84,87-89H,3-6,8,10-12,14,16,19-62,64-66,68-72H2,1-2H3,(H,82,85)/b9-7-,15-13-,18-17-,67-63+. The van der Waals surface area contributed by atoms with Gasteiger partial charge in [-0.1, -0.05) is 345 Å². The third-order valence-corrected chi connectivity index (χ3v) is 18.9. The van der Waals surface area contributed by atoms with Gasteiger partial charge in [0, 0.05) is 12.8 Å². The highest BCUT2D eigenvalue weighted by Crippen LogP contribution is 2.24. The number of unbranched alkanes of at least 4 members (excludes halogenated alkanes) is 51. The maximum absolute atomic E-state index is 13.1. The summed E-state index contributed by atoms with van der Waals surface area (Å²) < 4.78 is 16.8. The molecule has 1 saturated heterocycles. The molecule has 0 radical (unpaired) electrons. The Labute approximate surface area is 567 Å².